The molecule has 0 atom stereocenters. The summed E-state index contributed by atoms with van der Waals surface area (Å²) in [4.78, 5) is 14.1. The molecule has 0 fully saturated rings. The lowest BCUT2D eigenvalue weighted by Crippen LogP contribution is -2.30. The maximum atomic E-state index is 12.5. The Morgan fingerprint density at radius 2 is 1.90 bits per heavy atom. The summed E-state index contributed by atoms with van der Waals surface area (Å²) < 4.78 is 0. The molecular formula is C16H17ClN2O2. The molecular weight excluding hydrogens is 288 g/mol. The number of nitrogens with two attached hydrogens (primary N) is 1. The molecule has 2 aromatic carbocycles. The van der Waals surface area contributed by atoms with Crippen LogP contribution in [0.2, 0.25) is 5.02 Å². The minimum Gasteiger partial charge on any atom is -0.507 e. The SMILES string of the molecule is CCN(Cc1ccc(N)cc1)C(=O)c1ccc(Cl)cc1O. The van der Waals surface area contributed by atoms with Crippen molar-refractivity contribution < 1.29 is 9.90 Å². The van der Waals surface area contributed by atoms with Gasteiger partial charge >= 0.3 is 0 Å². The van der Waals surface area contributed by atoms with Gasteiger partial charge in [-0.05, 0) is 42.8 Å². The van der Waals surface area contributed by atoms with E-state index in [0.29, 0.717) is 23.8 Å². The van der Waals surface area contributed by atoms with Crippen molar-refractivity contribution in [1.29, 1.82) is 0 Å². The molecule has 4 nitrogen and oxygen atoms in total. The van der Waals surface area contributed by atoms with Crippen molar-refractivity contribution >= 4 is 23.2 Å². The van der Waals surface area contributed by atoms with Crippen LogP contribution in [0.3, 0.4) is 0 Å². The topological polar surface area (TPSA) is 66.6 Å². The van der Waals surface area contributed by atoms with Gasteiger partial charge in [-0.25, -0.2) is 0 Å². The molecule has 0 heterocycles. The molecule has 0 saturated carbocycles. The van der Waals surface area contributed by atoms with Crippen molar-refractivity contribution in [1.82, 2.24) is 4.90 Å². The number of hydrogen-bond acceptors (Lipinski definition) is 3. The van der Waals surface area contributed by atoms with Gasteiger partial charge < -0.3 is 15.7 Å². The van der Waals surface area contributed by atoms with Crippen LogP contribution in [-0.4, -0.2) is 22.5 Å². The molecule has 3 N–H and O–H groups in total. The molecule has 0 aliphatic rings. The molecule has 0 bridgehead atoms. The number of carbonyl (C=O) groups excluding carboxylic acids is 1. The first-order valence-electron chi connectivity index (χ1n) is 6.63. The van der Waals surface area contributed by atoms with Gasteiger partial charge in [-0.1, -0.05) is 23.7 Å². The van der Waals surface area contributed by atoms with Gasteiger partial charge in [0.15, 0.2) is 0 Å². The van der Waals surface area contributed by atoms with Gasteiger partial charge in [-0.3, -0.25) is 4.79 Å². The molecule has 2 rings (SSSR count). The standard InChI is InChI=1S/C16H17ClN2O2/c1-2-19(10-11-3-6-13(18)7-4-11)16(21)14-8-5-12(17)9-15(14)20/h3-9,20H,2,10,18H2,1H3. The van der Waals surface area contributed by atoms with Crippen molar-refractivity contribution in [2.45, 2.75) is 13.5 Å². The zero-order valence-corrected chi connectivity index (χ0v) is 12.5. The number of phenolic OH excluding ortho intramolecular Hbond substituents is 1. The first-order chi connectivity index (χ1) is 10.0. The lowest BCUT2D eigenvalue weighted by molar-refractivity contribution is 0.0749. The number of nitrogen functional groups attached to an aromatic ring is 1. The van der Waals surface area contributed by atoms with E-state index in [4.69, 9.17) is 17.3 Å². The van der Waals surface area contributed by atoms with Gasteiger partial charge in [0.2, 0.25) is 0 Å². The normalized spacial score (nSPS) is 10.4. The summed E-state index contributed by atoms with van der Waals surface area (Å²) in [6, 6.07) is 11.9. The Labute approximate surface area is 128 Å². The number of phenols is 1. The number of hydrogen-bond donors (Lipinski definition) is 2. The van der Waals surface area contributed by atoms with Crippen molar-refractivity contribution in [3.05, 3.63) is 58.6 Å². The van der Waals surface area contributed by atoms with E-state index < -0.39 is 0 Å². The number of anilines is 1. The van der Waals surface area contributed by atoms with Gasteiger partial charge in [-0.2, -0.15) is 0 Å². The van der Waals surface area contributed by atoms with Crippen molar-refractivity contribution in [3.8, 4) is 5.75 Å². The van der Waals surface area contributed by atoms with Gasteiger partial charge in [0.25, 0.3) is 5.91 Å². The third-order valence-corrected chi connectivity index (χ3v) is 3.45. The Balaban J connectivity index is 2.20. The fourth-order valence-electron chi connectivity index (χ4n) is 2.03. The zero-order valence-electron chi connectivity index (χ0n) is 11.7. The lowest BCUT2D eigenvalue weighted by Gasteiger charge is -2.21. The average molecular weight is 305 g/mol. The highest BCUT2D eigenvalue weighted by Gasteiger charge is 2.18. The first-order valence-corrected chi connectivity index (χ1v) is 7.01. The van der Waals surface area contributed by atoms with Crippen LogP contribution in [0.15, 0.2) is 42.5 Å². The van der Waals surface area contributed by atoms with E-state index in [0.717, 1.165) is 5.56 Å². The number of benzene rings is 2. The summed E-state index contributed by atoms with van der Waals surface area (Å²) in [7, 11) is 0. The Kier molecular flexibility index (Phi) is 4.70. The van der Waals surface area contributed by atoms with Gasteiger partial charge in [0, 0.05) is 23.8 Å². The number of aromatic hydroxyl groups is 1. The van der Waals surface area contributed by atoms with Gasteiger partial charge in [0.1, 0.15) is 5.75 Å². The van der Waals surface area contributed by atoms with Crippen LogP contribution < -0.4 is 5.73 Å². The molecule has 0 unspecified atom stereocenters. The minimum atomic E-state index is -0.233. The first kappa shape index (κ1) is 15.2. The summed E-state index contributed by atoms with van der Waals surface area (Å²) in [5, 5.41) is 10.3. The molecule has 0 aliphatic carbocycles. The number of amides is 1. The predicted molar refractivity (Wildman–Crippen MR) is 84.4 cm³/mol. The van der Waals surface area contributed by atoms with E-state index in [1.54, 1.807) is 23.1 Å². The van der Waals surface area contributed by atoms with E-state index in [9.17, 15) is 9.90 Å². The van der Waals surface area contributed by atoms with Gasteiger partial charge in [-0.15, -0.1) is 0 Å². The van der Waals surface area contributed by atoms with Crippen molar-refractivity contribution in [2.75, 3.05) is 12.3 Å². The molecule has 2 aromatic rings. The highest BCUT2D eigenvalue weighted by molar-refractivity contribution is 6.30. The number of nitrogens with zero attached hydrogens (tertiary/aromatic N) is 1. The molecule has 110 valence electrons. The van der Waals surface area contributed by atoms with Crippen LogP contribution in [0.25, 0.3) is 0 Å². The molecule has 0 saturated heterocycles. The second-order valence-electron chi connectivity index (χ2n) is 4.72. The largest absolute Gasteiger partial charge is 0.507 e. The Hall–Kier alpha value is -2.20. The maximum absolute atomic E-state index is 12.5. The second-order valence-corrected chi connectivity index (χ2v) is 5.16. The fourth-order valence-corrected chi connectivity index (χ4v) is 2.19. The zero-order chi connectivity index (χ0) is 15.4. The van der Waals surface area contributed by atoms with Gasteiger partial charge in [0.05, 0.1) is 5.56 Å². The highest BCUT2D eigenvalue weighted by Crippen LogP contribution is 2.24. The Bertz CT molecular complexity index is 641. The predicted octanol–water partition coefficient (Wildman–Crippen LogP) is 3.29. The summed E-state index contributed by atoms with van der Waals surface area (Å²) >= 11 is 5.78. The maximum Gasteiger partial charge on any atom is 0.257 e. The lowest BCUT2D eigenvalue weighted by atomic mass is 10.1. The molecule has 0 aromatic heterocycles. The summed E-state index contributed by atoms with van der Waals surface area (Å²) in [6.45, 7) is 2.88. The van der Waals surface area contributed by atoms with Crippen LogP contribution in [0.4, 0.5) is 5.69 Å². The summed E-state index contributed by atoms with van der Waals surface area (Å²) in [6.07, 6.45) is 0. The smallest absolute Gasteiger partial charge is 0.257 e. The quantitative estimate of drug-likeness (QED) is 0.852. The third-order valence-electron chi connectivity index (χ3n) is 3.21. The van der Waals surface area contributed by atoms with E-state index in [2.05, 4.69) is 0 Å². The summed E-state index contributed by atoms with van der Waals surface area (Å²) in [5.74, 6) is -0.341. The van der Waals surface area contributed by atoms with E-state index in [-0.39, 0.29) is 17.2 Å². The Morgan fingerprint density at radius 3 is 2.48 bits per heavy atom. The van der Waals surface area contributed by atoms with E-state index >= 15 is 0 Å². The minimum absolute atomic E-state index is 0.108. The second kappa shape index (κ2) is 6.50. The van der Waals surface area contributed by atoms with Crippen LogP contribution in [-0.2, 0) is 6.54 Å². The highest BCUT2D eigenvalue weighted by atomic mass is 35.5. The molecule has 21 heavy (non-hydrogen) atoms. The molecule has 0 spiro atoms. The summed E-state index contributed by atoms with van der Waals surface area (Å²) in [5.41, 5.74) is 7.56. The van der Waals surface area contributed by atoms with E-state index in [1.165, 1.54) is 12.1 Å². The number of carbonyl (C=O) groups is 1. The molecule has 5 heteroatoms. The third kappa shape index (κ3) is 3.67. The Morgan fingerprint density at radius 1 is 1.24 bits per heavy atom. The number of rotatable bonds is 4. The molecule has 1 amide bonds. The number of halogens is 1. The molecule has 0 aliphatic heterocycles. The van der Waals surface area contributed by atoms with Crippen LogP contribution >= 0.6 is 11.6 Å². The van der Waals surface area contributed by atoms with Crippen LogP contribution in [0.1, 0.15) is 22.8 Å². The average Bonchev–Trinajstić information content (AvgIpc) is 2.46. The van der Waals surface area contributed by atoms with Crippen LogP contribution in [0, 0.1) is 0 Å². The monoisotopic (exact) mass is 304 g/mol. The van der Waals surface area contributed by atoms with E-state index in [1.807, 2.05) is 19.1 Å². The van der Waals surface area contributed by atoms with Crippen molar-refractivity contribution in [3.63, 3.8) is 0 Å². The molecule has 0 radical (unpaired) electrons. The van der Waals surface area contributed by atoms with Crippen molar-refractivity contribution in [2.24, 2.45) is 0 Å². The van der Waals surface area contributed by atoms with Crippen LogP contribution in [0.5, 0.6) is 5.75 Å². The fraction of sp³-hybridized carbons (Fsp3) is 0.188.